The van der Waals surface area contributed by atoms with E-state index < -0.39 is 0 Å². The highest BCUT2D eigenvalue weighted by Gasteiger charge is 2.11. The van der Waals surface area contributed by atoms with Crippen molar-refractivity contribution >= 4 is 0 Å². The van der Waals surface area contributed by atoms with Gasteiger partial charge in [-0.05, 0) is 12.0 Å². The predicted molar refractivity (Wildman–Crippen MR) is 63.2 cm³/mol. The van der Waals surface area contributed by atoms with Crippen molar-refractivity contribution in [2.24, 2.45) is 5.92 Å². The lowest BCUT2D eigenvalue weighted by atomic mass is 9.99. The normalized spacial score (nSPS) is 12.2. The summed E-state index contributed by atoms with van der Waals surface area (Å²) in [6.07, 6.45) is 0.993. The molecular weight excluding hydrogens is 186 g/mol. The molecule has 1 rings (SSSR count). The molecule has 0 aliphatic carbocycles. The number of hydrogen-bond acceptors (Lipinski definition) is 2. The van der Waals surface area contributed by atoms with E-state index in [1.807, 2.05) is 13.1 Å². The van der Waals surface area contributed by atoms with E-state index in [1.54, 1.807) is 12.2 Å². The van der Waals surface area contributed by atoms with Gasteiger partial charge in [-0.3, -0.25) is 9.90 Å². The first-order valence-electron chi connectivity index (χ1n) is 5.15. The molecule has 0 saturated heterocycles. The topological polar surface area (TPSA) is 12.5 Å². The molecule has 1 aromatic rings. The minimum atomic E-state index is 0.386. The van der Waals surface area contributed by atoms with Gasteiger partial charge in [0.15, 0.2) is 0 Å². The Bertz CT molecular complexity index is 308. The van der Waals surface area contributed by atoms with Gasteiger partial charge in [0, 0.05) is 18.7 Å². The van der Waals surface area contributed by atoms with E-state index >= 15 is 0 Å². The molecule has 0 aliphatic rings. The van der Waals surface area contributed by atoms with Crippen molar-refractivity contribution in [3.63, 3.8) is 0 Å². The third-order valence-electron chi connectivity index (χ3n) is 2.63. The highest BCUT2D eigenvalue weighted by molar-refractivity contribution is 5.17. The van der Waals surface area contributed by atoms with Crippen LogP contribution in [0.3, 0.4) is 0 Å². The Morgan fingerprint density at radius 3 is 2.53 bits per heavy atom. The maximum Gasteiger partial charge on any atom is 0.0638 e. The standard InChI is InChI=1S/C13H19NO/c1-11(12(2)14(3)15-4)10-13-8-6-5-7-9-13/h5-9,11H,2,10H2,1,3-4H3/t11-/m0/s1. The van der Waals surface area contributed by atoms with E-state index in [0.717, 1.165) is 12.1 Å². The van der Waals surface area contributed by atoms with Crippen molar-refractivity contribution in [3.05, 3.63) is 48.2 Å². The number of rotatable bonds is 5. The summed E-state index contributed by atoms with van der Waals surface area (Å²) in [5.41, 5.74) is 2.33. The van der Waals surface area contributed by atoms with Gasteiger partial charge in [0.25, 0.3) is 0 Å². The third-order valence-corrected chi connectivity index (χ3v) is 2.63. The lowest BCUT2D eigenvalue weighted by Crippen LogP contribution is -2.21. The molecule has 2 heteroatoms. The predicted octanol–water partition coefficient (Wildman–Crippen LogP) is 2.87. The number of hydroxylamine groups is 2. The van der Waals surface area contributed by atoms with Crippen LogP contribution in [0.2, 0.25) is 0 Å². The van der Waals surface area contributed by atoms with Gasteiger partial charge in [0.2, 0.25) is 0 Å². The Labute approximate surface area is 92.1 Å². The monoisotopic (exact) mass is 205 g/mol. The van der Waals surface area contributed by atoms with Crippen molar-refractivity contribution in [1.29, 1.82) is 0 Å². The van der Waals surface area contributed by atoms with Gasteiger partial charge in [0.1, 0.15) is 0 Å². The van der Waals surface area contributed by atoms with Crippen LogP contribution in [0.1, 0.15) is 12.5 Å². The number of nitrogens with zero attached hydrogens (tertiary/aromatic N) is 1. The fraction of sp³-hybridized carbons (Fsp3) is 0.385. The molecule has 1 atom stereocenters. The summed E-state index contributed by atoms with van der Waals surface area (Å²) in [6, 6.07) is 10.4. The summed E-state index contributed by atoms with van der Waals surface area (Å²) in [6.45, 7) is 6.18. The summed E-state index contributed by atoms with van der Waals surface area (Å²) in [5, 5.41) is 1.72. The smallest absolute Gasteiger partial charge is 0.0638 e. The first kappa shape index (κ1) is 11.8. The van der Waals surface area contributed by atoms with Gasteiger partial charge in [-0.1, -0.05) is 43.8 Å². The Hall–Kier alpha value is -1.28. The van der Waals surface area contributed by atoms with E-state index in [4.69, 9.17) is 4.84 Å². The Morgan fingerprint density at radius 2 is 2.00 bits per heavy atom. The summed E-state index contributed by atoms with van der Waals surface area (Å²) in [7, 11) is 3.53. The number of benzene rings is 1. The zero-order chi connectivity index (χ0) is 11.3. The average molecular weight is 205 g/mol. The molecule has 0 saturated carbocycles. The quantitative estimate of drug-likeness (QED) is 0.685. The summed E-state index contributed by atoms with van der Waals surface area (Å²) < 4.78 is 0. The SMILES string of the molecule is C=C([C@@H](C)Cc1ccccc1)N(C)OC. The van der Waals surface area contributed by atoms with Gasteiger partial charge in [-0.2, -0.15) is 0 Å². The third kappa shape index (κ3) is 3.40. The van der Waals surface area contributed by atoms with Crippen molar-refractivity contribution in [3.8, 4) is 0 Å². The summed E-state index contributed by atoms with van der Waals surface area (Å²) >= 11 is 0. The molecule has 0 aliphatic heterocycles. The molecular formula is C13H19NO. The van der Waals surface area contributed by atoms with E-state index in [9.17, 15) is 0 Å². The van der Waals surface area contributed by atoms with E-state index in [1.165, 1.54) is 5.56 Å². The van der Waals surface area contributed by atoms with Gasteiger partial charge in [0.05, 0.1) is 7.11 Å². The Kier molecular flexibility index (Phi) is 4.37. The van der Waals surface area contributed by atoms with Crippen molar-refractivity contribution in [2.75, 3.05) is 14.2 Å². The minimum absolute atomic E-state index is 0.386. The van der Waals surface area contributed by atoms with Gasteiger partial charge in [-0.15, -0.1) is 0 Å². The average Bonchev–Trinajstić information content (AvgIpc) is 2.28. The second-order valence-electron chi connectivity index (χ2n) is 3.76. The van der Waals surface area contributed by atoms with E-state index in [2.05, 4.69) is 37.8 Å². The molecule has 0 fully saturated rings. The lowest BCUT2D eigenvalue weighted by molar-refractivity contribution is -0.0843. The van der Waals surface area contributed by atoms with Gasteiger partial charge in [-0.25, -0.2) is 0 Å². The Morgan fingerprint density at radius 1 is 1.40 bits per heavy atom. The van der Waals surface area contributed by atoms with Crippen molar-refractivity contribution < 1.29 is 4.84 Å². The minimum Gasteiger partial charge on any atom is -0.277 e. The maximum atomic E-state index is 5.10. The van der Waals surface area contributed by atoms with Crippen LogP contribution in [0.25, 0.3) is 0 Å². The van der Waals surface area contributed by atoms with Crippen molar-refractivity contribution in [2.45, 2.75) is 13.3 Å². The second kappa shape index (κ2) is 5.56. The maximum absolute atomic E-state index is 5.10. The molecule has 0 bridgehead atoms. The molecule has 0 heterocycles. The van der Waals surface area contributed by atoms with Crippen LogP contribution >= 0.6 is 0 Å². The zero-order valence-corrected chi connectivity index (χ0v) is 9.73. The number of allylic oxidation sites excluding steroid dienone is 1. The molecule has 0 aromatic heterocycles. The molecule has 0 amide bonds. The molecule has 0 spiro atoms. The van der Waals surface area contributed by atoms with Gasteiger partial charge >= 0.3 is 0 Å². The molecule has 0 unspecified atom stereocenters. The highest BCUT2D eigenvalue weighted by atomic mass is 16.7. The van der Waals surface area contributed by atoms with Crippen LogP contribution < -0.4 is 0 Å². The second-order valence-corrected chi connectivity index (χ2v) is 3.76. The fourth-order valence-electron chi connectivity index (χ4n) is 1.51. The first-order chi connectivity index (χ1) is 7.15. The highest BCUT2D eigenvalue weighted by Crippen LogP contribution is 2.17. The van der Waals surface area contributed by atoms with Crippen LogP contribution in [0.5, 0.6) is 0 Å². The Balaban J connectivity index is 2.56. The lowest BCUT2D eigenvalue weighted by Gasteiger charge is -2.23. The first-order valence-corrected chi connectivity index (χ1v) is 5.15. The zero-order valence-electron chi connectivity index (χ0n) is 9.73. The van der Waals surface area contributed by atoms with Crippen LogP contribution in [0.4, 0.5) is 0 Å². The molecule has 2 nitrogen and oxygen atoms in total. The molecule has 0 radical (unpaired) electrons. The van der Waals surface area contributed by atoms with E-state index in [0.29, 0.717) is 5.92 Å². The molecule has 82 valence electrons. The summed E-state index contributed by atoms with van der Waals surface area (Å²) in [5.74, 6) is 0.386. The van der Waals surface area contributed by atoms with Gasteiger partial charge < -0.3 is 0 Å². The summed E-state index contributed by atoms with van der Waals surface area (Å²) in [4.78, 5) is 5.10. The largest absolute Gasteiger partial charge is 0.277 e. The van der Waals surface area contributed by atoms with E-state index in [-0.39, 0.29) is 0 Å². The van der Waals surface area contributed by atoms with Crippen LogP contribution in [0, 0.1) is 5.92 Å². The fourth-order valence-corrected chi connectivity index (χ4v) is 1.51. The van der Waals surface area contributed by atoms with Crippen LogP contribution in [0.15, 0.2) is 42.6 Å². The number of hydrogen-bond donors (Lipinski definition) is 0. The van der Waals surface area contributed by atoms with Crippen LogP contribution in [-0.2, 0) is 11.3 Å². The molecule has 0 N–H and O–H groups in total. The van der Waals surface area contributed by atoms with Crippen LogP contribution in [-0.4, -0.2) is 19.2 Å². The molecule has 15 heavy (non-hydrogen) atoms. The molecule has 1 aromatic carbocycles. The van der Waals surface area contributed by atoms with Crippen molar-refractivity contribution in [1.82, 2.24) is 5.06 Å².